The van der Waals surface area contributed by atoms with Crippen LogP contribution in [0.2, 0.25) is 0 Å². The Labute approximate surface area is 97.4 Å². The molecule has 1 unspecified atom stereocenters. The van der Waals surface area contributed by atoms with Gasteiger partial charge in [-0.1, -0.05) is 0 Å². The van der Waals surface area contributed by atoms with Gasteiger partial charge >= 0.3 is 0 Å². The van der Waals surface area contributed by atoms with Gasteiger partial charge in [0.15, 0.2) is 11.6 Å². The number of hydrogen-bond donors (Lipinski definition) is 2. The third-order valence-electron chi connectivity index (χ3n) is 3.22. The van der Waals surface area contributed by atoms with E-state index in [1.165, 1.54) is 6.07 Å². The lowest BCUT2D eigenvalue weighted by Gasteiger charge is -2.25. The Morgan fingerprint density at radius 1 is 1.59 bits per heavy atom. The number of halogens is 1. The van der Waals surface area contributed by atoms with Crippen LogP contribution in [-0.2, 0) is 5.54 Å². The highest BCUT2D eigenvalue weighted by Gasteiger charge is 2.35. The molecular formula is C11H13FN2O3. The molecule has 1 saturated heterocycles. The minimum absolute atomic E-state index is 0.252. The van der Waals surface area contributed by atoms with Gasteiger partial charge in [-0.25, -0.2) is 4.39 Å². The average Bonchev–Trinajstić information content (AvgIpc) is 2.69. The molecule has 17 heavy (non-hydrogen) atoms. The second-order valence-electron chi connectivity index (χ2n) is 4.44. The van der Waals surface area contributed by atoms with E-state index in [9.17, 15) is 19.6 Å². The molecule has 1 fully saturated rings. The number of rotatable bonds is 2. The van der Waals surface area contributed by atoms with Gasteiger partial charge in [0.2, 0.25) is 0 Å². The van der Waals surface area contributed by atoms with Crippen LogP contribution in [-0.4, -0.2) is 16.6 Å². The summed E-state index contributed by atoms with van der Waals surface area (Å²) in [6.07, 6.45) is 1.60. The van der Waals surface area contributed by atoms with E-state index in [0.717, 1.165) is 19.0 Å². The molecule has 0 aliphatic carbocycles. The van der Waals surface area contributed by atoms with Gasteiger partial charge in [0, 0.05) is 17.2 Å². The van der Waals surface area contributed by atoms with Crippen LogP contribution >= 0.6 is 0 Å². The fourth-order valence-electron chi connectivity index (χ4n) is 2.24. The van der Waals surface area contributed by atoms with Gasteiger partial charge in [-0.15, -0.1) is 0 Å². The van der Waals surface area contributed by atoms with E-state index in [2.05, 4.69) is 5.32 Å². The molecule has 1 atom stereocenters. The molecule has 0 aromatic heterocycles. The first-order chi connectivity index (χ1) is 7.94. The summed E-state index contributed by atoms with van der Waals surface area (Å²) in [5.41, 5.74) is -0.691. The average molecular weight is 240 g/mol. The SMILES string of the molecule is CC1(c2cc([N+](=O)[O-])cc(F)c2O)CCCN1. The number of phenols is 1. The summed E-state index contributed by atoms with van der Waals surface area (Å²) in [4.78, 5) is 10.0. The Bertz CT molecular complexity index is 470. The maximum Gasteiger partial charge on any atom is 0.272 e. The second-order valence-corrected chi connectivity index (χ2v) is 4.44. The minimum Gasteiger partial charge on any atom is -0.505 e. The molecule has 1 heterocycles. The standard InChI is InChI=1S/C11H13FN2O3/c1-11(3-2-4-13-11)8-5-7(14(16)17)6-9(12)10(8)15/h5-6,13,15H,2-4H2,1H3. The summed E-state index contributed by atoms with van der Waals surface area (Å²) in [7, 11) is 0. The van der Waals surface area contributed by atoms with E-state index in [0.29, 0.717) is 6.42 Å². The van der Waals surface area contributed by atoms with Gasteiger partial charge in [0.1, 0.15) is 0 Å². The van der Waals surface area contributed by atoms with E-state index < -0.39 is 22.0 Å². The summed E-state index contributed by atoms with van der Waals surface area (Å²) in [5.74, 6) is -1.46. The van der Waals surface area contributed by atoms with Crippen molar-refractivity contribution in [3.8, 4) is 5.75 Å². The monoisotopic (exact) mass is 240 g/mol. The summed E-state index contributed by atoms with van der Waals surface area (Å²) in [6.45, 7) is 2.55. The normalized spacial score (nSPS) is 23.9. The zero-order chi connectivity index (χ0) is 12.6. The Kier molecular flexibility index (Phi) is 2.74. The van der Waals surface area contributed by atoms with Crippen LogP contribution in [0, 0.1) is 15.9 Å². The van der Waals surface area contributed by atoms with Crippen LogP contribution in [0.25, 0.3) is 0 Å². The highest BCUT2D eigenvalue weighted by atomic mass is 19.1. The van der Waals surface area contributed by atoms with Gasteiger partial charge in [-0.2, -0.15) is 0 Å². The molecular weight excluding hydrogens is 227 g/mol. The summed E-state index contributed by atoms with van der Waals surface area (Å²) in [6, 6.07) is 1.97. The first-order valence-electron chi connectivity index (χ1n) is 5.36. The van der Waals surface area contributed by atoms with Crippen molar-refractivity contribution in [1.82, 2.24) is 5.32 Å². The molecule has 0 bridgehead atoms. The molecule has 5 nitrogen and oxygen atoms in total. The molecule has 0 amide bonds. The first-order valence-corrected chi connectivity index (χ1v) is 5.36. The molecule has 1 aliphatic rings. The largest absolute Gasteiger partial charge is 0.505 e. The molecule has 2 rings (SSSR count). The number of aromatic hydroxyl groups is 1. The highest BCUT2D eigenvalue weighted by molar-refractivity contribution is 5.48. The van der Waals surface area contributed by atoms with Crippen molar-refractivity contribution < 1.29 is 14.4 Å². The quantitative estimate of drug-likeness (QED) is 0.612. The van der Waals surface area contributed by atoms with Gasteiger partial charge in [0.05, 0.1) is 11.0 Å². The Morgan fingerprint density at radius 2 is 2.29 bits per heavy atom. The third-order valence-corrected chi connectivity index (χ3v) is 3.22. The predicted molar refractivity (Wildman–Crippen MR) is 59.3 cm³/mol. The van der Waals surface area contributed by atoms with E-state index in [1.807, 2.05) is 0 Å². The lowest BCUT2D eigenvalue weighted by Crippen LogP contribution is -2.33. The number of nitro groups is 1. The van der Waals surface area contributed by atoms with Crippen LogP contribution in [0.5, 0.6) is 5.75 Å². The first kappa shape index (κ1) is 11.8. The minimum atomic E-state index is -0.955. The van der Waals surface area contributed by atoms with Crippen molar-refractivity contribution in [2.24, 2.45) is 0 Å². The van der Waals surface area contributed by atoms with Crippen molar-refractivity contribution in [3.63, 3.8) is 0 Å². The number of nitrogens with zero attached hydrogens (tertiary/aromatic N) is 1. The van der Waals surface area contributed by atoms with E-state index in [4.69, 9.17) is 0 Å². The number of hydrogen-bond acceptors (Lipinski definition) is 4. The third kappa shape index (κ3) is 1.95. The zero-order valence-corrected chi connectivity index (χ0v) is 9.36. The molecule has 1 aromatic carbocycles. The maximum absolute atomic E-state index is 13.4. The van der Waals surface area contributed by atoms with Crippen molar-refractivity contribution >= 4 is 5.69 Å². The highest BCUT2D eigenvalue weighted by Crippen LogP contribution is 2.39. The van der Waals surface area contributed by atoms with E-state index >= 15 is 0 Å². The smallest absolute Gasteiger partial charge is 0.272 e. The molecule has 0 spiro atoms. The molecule has 0 saturated carbocycles. The molecule has 92 valence electrons. The molecule has 0 radical (unpaired) electrons. The molecule has 1 aliphatic heterocycles. The van der Waals surface area contributed by atoms with Crippen molar-refractivity contribution in [2.45, 2.75) is 25.3 Å². The molecule has 2 N–H and O–H groups in total. The number of nitrogens with one attached hydrogen (secondary N) is 1. The predicted octanol–water partition coefficient (Wildman–Crippen LogP) is 2.04. The Balaban J connectivity index is 2.56. The van der Waals surface area contributed by atoms with Crippen LogP contribution in [0.3, 0.4) is 0 Å². The van der Waals surface area contributed by atoms with Gasteiger partial charge in [-0.05, 0) is 26.3 Å². The van der Waals surface area contributed by atoms with Crippen LogP contribution < -0.4 is 5.32 Å². The van der Waals surface area contributed by atoms with Crippen molar-refractivity contribution in [1.29, 1.82) is 0 Å². The van der Waals surface area contributed by atoms with Crippen molar-refractivity contribution in [2.75, 3.05) is 6.54 Å². The van der Waals surface area contributed by atoms with E-state index in [-0.39, 0.29) is 11.3 Å². The fraction of sp³-hybridized carbons (Fsp3) is 0.455. The number of benzene rings is 1. The van der Waals surface area contributed by atoms with Gasteiger partial charge < -0.3 is 10.4 Å². The van der Waals surface area contributed by atoms with Gasteiger partial charge in [-0.3, -0.25) is 10.1 Å². The summed E-state index contributed by atoms with van der Waals surface area (Å²) >= 11 is 0. The second kappa shape index (κ2) is 3.96. The van der Waals surface area contributed by atoms with Crippen LogP contribution in [0.4, 0.5) is 10.1 Å². The number of phenolic OH excluding ortho intramolecular Hbond substituents is 1. The van der Waals surface area contributed by atoms with Crippen LogP contribution in [0.15, 0.2) is 12.1 Å². The summed E-state index contributed by atoms with van der Waals surface area (Å²) < 4.78 is 13.4. The zero-order valence-electron chi connectivity index (χ0n) is 9.36. The topological polar surface area (TPSA) is 75.4 Å². The Hall–Kier alpha value is -1.69. The molecule has 6 heteroatoms. The fourth-order valence-corrected chi connectivity index (χ4v) is 2.24. The number of nitro benzene ring substituents is 1. The molecule has 1 aromatic rings. The summed E-state index contributed by atoms with van der Waals surface area (Å²) in [5, 5.41) is 23.5. The lowest BCUT2D eigenvalue weighted by atomic mass is 9.89. The van der Waals surface area contributed by atoms with E-state index in [1.54, 1.807) is 6.92 Å². The maximum atomic E-state index is 13.4. The number of non-ortho nitro benzene ring substituents is 1. The lowest BCUT2D eigenvalue weighted by molar-refractivity contribution is -0.385. The van der Waals surface area contributed by atoms with Crippen LogP contribution in [0.1, 0.15) is 25.3 Å². The Morgan fingerprint density at radius 3 is 2.82 bits per heavy atom. The van der Waals surface area contributed by atoms with Gasteiger partial charge in [0.25, 0.3) is 5.69 Å². The van der Waals surface area contributed by atoms with Crippen molar-refractivity contribution in [3.05, 3.63) is 33.6 Å².